The number of hydrogen-bond acceptors (Lipinski definition) is 4. The molecule has 122 valence electrons. The first-order valence-electron chi connectivity index (χ1n) is 8.08. The van der Waals surface area contributed by atoms with Crippen LogP contribution in [0.2, 0.25) is 0 Å². The van der Waals surface area contributed by atoms with Gasteiger partial charge in [0, 0.05) is 17.8 Å². The summed E-state index contributed by atoms with van der Waals surface area (Å²) in [5.74, 6) is 1.55. The molecule has 0 radical (unpaired) electrons. The monoisotopic (exact) mass is 330 g/mol. The Labute approximate surface area is 140 Å². The number of hydrogen-bond donors (Lipinski definition) is 1. The van der Waals surface area contributed by atoms with Crippen molar-refractivity contribution in [2.45, 2.75) is 32.6 Å². The minimum absolute atomic E-state index is 0.122. The molecular weight excluding hydrogens is 308 g/mol. The SMILES string of the molecule is Cc1ncsc1CCC(=O)NC[C@@H]1CCOc2ccccc2C1. The Morgan fingerprint density at radius 1 is 1.43 bits per heavy atom. The van der Waals surface area contributed by atoms with Gasteiger partial charge in [-0.3, -0.25) is 4.79 Å². The van der Waals surface area contributed by atoms with Crippen LogP contribution in [0.15, 0.2) is 29.8 Å². The summed E-state index contributed by atoms with van der Waals surface area (Å²) in [4.78, 5) is 17.5. The number of carbonyl (C=O) groups is 1. The number of aryl methyl sites for hydroxylation is 2. The molecule has 0 saturated heterocycles. The fourth-order valence-corrected chi connectivity index (χ4v) is 3.66. The molecule has 1 aliphatic heterocycles. The summed E-state index contributed by atoms with van der Waals surface area (Å²) in [6, 6.07) is 8.18. The van der Waals surface area contributed by atoms with Crippen molar-refractivity contribution in [2.24, 2.45) is 5.92 Å². The molecule has 3 rings (SSSR count). The maximum absolute atomic E-state index is 12.1. The van der Waals surface area contributed by atoms with E-state index in [1.54, 1.807) is 11.3 Å². The van der Waals surface area contributed by atoms with Crippen LogP contribution in [-0.4, -0.2) is 24.0 Å². The van der Waals surface area contributed by atoms with E-state index in [1.165, 1.54) is 10.4 Å². The number of fused-ring (bicyclic) bond motifs is 1. The molecule has 0 unspecified atom stereocenters. The average molecular weight is 330 g/mol. The lowest BCUT2D eigenvalue weighted by Gasteiger charge is -2.14. The number of thiazole rings is 1. The van der Waals surface area contributed by atoms with Gasteiger partial charge in [0.05, 0.1) is 17.8 Å². The maximum atomic E-state index is 12.1. The van der Waals surface area contributed by atoms with Crippen LogP contribution in [-0.2, 0) is 17.6 Å². The predicted molar refractivity (Wildman–Crippen MR) is 91.9 cm³/mol. The molecule has 0 fully saturated rings. The number of para-hydroxylation sites is 1. The van der Waals surface area contributed by atoms with Gasteiger partial charge in [-0.25, -0.2) is 4.98 Å². The van der Waals surface area contributed by atoms with Crippen molar-refractivity contribution in [2.75, 3.05) is 13.2 Å². The van der Waals surface area contributed by atoms with Crippen LogP contribution >= 0.6 is 11.3 Å². The largest absolute Gasteiger partial charge is 0.493 e. The Balaban J connectivity index is 1.46. The fourth-order valence-electron chi connectivity index (χ4n) is 2.88. The van der Waals surface area contributed by atoms with E-state index < -0.39 is 0 Å². The molecule has 0 spiro atoms. The lowest BCUT2D eigenvalue weighted by molar-refractivity contribution is -0.121. The summed E-state index contributed by atoms with van der Waals surface area (Å²) in [6.07, 6.45) is 3.25. The minimum atomic E-state index is 0.122. The molecule has 5 heteroatoms. The van der Waals surface area contributed by atoms with Crippen molar-refractivity contribution in [3.8, 4) is 5.75 Å². The van der Waals surface area contributed by atoms with Crippen LogP contribution in [0.25, 0.3) is 0 Å². The highest BCUT2D eigenvalue weighted by Gasteiger charge is 2.18. The fraction of sp³-hybridized carbons (Fsp3) is 0.444. The highest BCUT2D eigenvalue weighted by molar-refractivity contribution is 7.09. The lowest BCUT2D eigenvalue weighted by atomic mass is 9.97. The van der Waals surface area contributed by atoms with Gasteiger partial charge in [-0.15, -0.1) is 11.3 Å². The van der Waals surface area contributed by atoms with E-state index >= 15 is 0 Å². The van der Waals surface area contributed by atoms with E-state index in [9.17, 15) is 4.79 Å². The van der Waals surface area contributed by atoms with E-state index in [1.807, 2.05) is 30.6 Å². The summed E-state index contributed by atoms with van der Waals surface area (Å²) in [7, 11) is 0. The van der Waals surface area contributed by atoms with Gasteiger partial charge in [-0.05, 0) is 43.7 Å². The van der Waals surface area contributed by atoms with Gasteiger partial charge in [-0.1, -0.05) is 18.2 Å². The summed E-state index contributed by atoms with van der Waals surface area (Å²) in [6.45, 7) is 3.43. The number of rotatable bonds is 5. The van der Waals surface area contributed by atoms with Crippen LogP contribution in [0.4, 0.5) is 0 Å². The maximum Gasteiger partial charge on any atom is 0.220 e. The zero-order valence-corrected chi connectivity index (χ0v) is 14.2. The van der Waals surface area contributed by atoms with Crippen molar-refractivity contribution in [1.29, 1.82) is 0 Å². The Morgan fingerprint density at radius 2 is 2.30 bits per heavy atom. The third-order valence-electron chi connectivity index (χ3n) is 4.28. The van der Waals surface area contributed by atoms with Crippen molar-refractivity contribution in [3.63, 3.8) is 0 Å². The molecule has 0 saturated carbocycles. The summed E-state index contributed by atoms with van der Waals surface area (Å²) in [5.41, 5.74) is 4.12. The van der Waals surface area contributed by atoms with Crippen LogP contribution in [0, 0.1) is 12.8 Å². The quantitative estimate of drug-likeness (QED) is 0.916. The Hall–Kier alpha value is -1.88. The first-order chi connectivity index (χ1) is 11.2. The average Bonchev–Trinajstić information content (AvgIpc) is 2.85. The number of nitrogens with one attached hydrogen (secondary N) is 1. The molecule has 1 amide bonds. The Bertz CT molecular complexity index is 669. The van der Waals surface area contributed by atoms with Gasteiger partial charge < -0.3 is 10.1 Å². The second-order valence-electron chi connectivity index (χ2n) is 5.98. The molecule has 1 aliphatic rings. The van der Waals surface area contributed by atoms with Gasteiger partial charge >= 0.3 is 0 Å². The van der Waals surface area contributed by atoms with Crippen LogP contribution in [0.3, 0.4) is 0 Å². The summed E-state index contributed by atoms with van der Waals surface area (Å²) >= 11 is 1.63. The van der Waals surface area contributed by atoms with Crippen molar-refractivity contribution < 1.29 is 9.53 Å². The first-order valence-corrected chi connectivity index (χ1v) is 8.96. The number of nitrogens with zero attached hydrogens (tertiary/aromatic N) is 1. The normalized spacial score (nSPS) is 17.0. The summed E-state index contributed by atoms with van der Waals surface area (Å²) in [5, 5.41) is 3.08. The molecule has 1 N–H and O–H groups in total. The highest BCUT2D eigenvalue weighted by Crippen LogP contribution is 2.26. The molecule has 23 heavy (non-hydrogen) atoms. The second kappa shape index (κ2) is 7.59. The third kappa shape index (κ3) is 4.32. The molecule has 1 aromatic heterocycles. The zero-order valence-electron chi connectivity index (χ0n) is 13.4. The third-order valence-corrected chi connectivity index (χ3v) is 5.27. The zero-order chi connectivity index (χ0) is 16.1. The van der Waals surface area contributed by atoms with E-state index in [4.69, 9.17) is 4.74 Å². The molecule has 0 bridgehead atoms. The second-order valence-corrected chi connectivity index (χ2v) is 6.92. The molecular formula is C18H22N2O2S. The van der Waals surface area contributed by atoms with Gasteiger partial charge in [0.1, 0.15) is 5.75 Å². The van der Waals surface area contributed by atoms with Gasteiger partial charge in [-0.2, -0.15) is 0 Å². The molecule has 0 aliphatic carbocycles. The molecule has 1 aromatic carbocycles. The number of benzene rings is 1. The molecule has 2 heterocycles. The van der Waals surface area contributed by atoms with E-state index in [2.05, 4.69) is 16.4 Å². The Kier molecular flexibility index (Phi) is 5.28. The summed E-state index contributed by atoms with van der Waals surface area (Å²) < 4.78 is 5.78. The van der Waals surface area contributed by atoms with Crippen molar-refractivity contribution >= 4 is 17.2 Å². The van der Waals surface area contributed by atoms with Crippen LogP contribution < -0.4 is 10.1 Å². The number of amides is 1. The number of ether oxygens (including phenoxy) is 1. The van der Waals surface area contributed by atoms with Crippen molar-refractivity contribution in [1.82, 2.24) is 10.3 Å². The highest BCUT2D eigenvalue weighted by atomic mass is 32.1. The van der Waals surface area contributed by atoms with Gasteiger partial charge in [0.15, 0.2) is 0 Å². The minimum Gasteiger partial charge on any atom is -0.493 e. The van der Waals surface area contributed by atoms with Gasteiger partial charge in [0.25, 0.3) is 0 Å². The van der Waals surface area contributed by atoms with Gasteiger partial charge in [0.2, 0.25) is 5.91 Å². The number of aromatic nitrogens is 1. The predicted octanol–water partition coefficient (Wildman–Crippen LogP) is 3.14. The molecule has 2 aromatic rings. The standard InChI is InChI=1S/C18H22N2O2S/c1-13-17(23-12-20-13)6-7-18(21)19-11-14-8-9-22-16-5-3-2-4-15(16)10-14/h2-5,12,14H,6-11H2,1H3,(H,19,21)/t14-/m1/s1. The molecule has 4 nitrogen and oxygen atoms in total. The van der Waals surface area contributed by atoms with Crippen molar-refractivity contribution in [3.05, 3.63) is 45.9 Å². The molecule has 1 atom stereocenters. The topological polar surface area (TPSA) is 51.2 Å². The Morgan fingerprint density at radius 3 is 3.13 bits per heavy atom. The van der Waals surface area contributed by atoms with Crippen LogP contribution in [0.5, 0.6) is 5.75 Å². The number of carbonyl (C=O) groups excluding carboxylic acids is 1. The van der Waals surface area contributed by atoms with Crippen LogP contribution in [0.1, 0.15) is 29.0 Å². The van der Waals surface area contributed by atoms with E-state index in [-0.39, 0.29) is 5.91 Å². The van der Waals surface area contributed by atoms with E-state index in [0.29, 0.717) is 12.3 Å². The lowest BCUT2D eigenvalue weighted by Crippen LogP contribution is -2.30. The van der Waals surface area contributed by atoms with E-state index in [0.717, 1.165) is 43.9 Å². The smallest absolute Gasteiger partial charge is 0.220 e. The first kappa shape index (κ1) is 16.0.